The summed E-state index contributed by atoms with van der Waals surface area (Å²) in [6.07, 6.45) is 5.18. The summed E-state index contributed by atoms with van der Waals surface area (Å²) in [7, 11) is 0. The van der Waals surface area contributed by atoms with Crippen molar-refractivity contribution in [2.45, 2.75) is 13.1 Å². The van der Waals surface area contributed by atoms with Crippen LogP contribution >= 0.6 is 22.9 Å². The summed E-state index contributed by atoms with van der Waals surface area (Å²) in [6.45, 7) is 1.39. The summed E-state index contributed by atoms with van der Waals surface area (Å²) in [5.74, 6) is 0.914. The van der Waals surface area contributed by atoms with Crippen LogP contribution in [0.25, 0.3) is 10.4 Å². The van der Waals surface area contributed by atoms with Gasteiger partial charge in [-0.3, -0.25) is 0 Å². The monoisotopic (exact) mass is 305 g/mol. The first kappa shape index (κ1) is 13.3. The first-order chi connectivity index (χ1) is 9.83. The highest BCUT2D eigenvalue weighted by atomic mass is 35.5. The zero-order valence-corrected chi connectivity index (χ0v) is 12.1. The molecule has 0 saturated heterocycles. The van der Waals surface area contributed by atoms with E-state index in [9.17, 15) is 0 Å². The third-order valence-electron chi connectivity index (χ3n) is 2.73. The fraction of sp³-hybridized carbons (Fsp3) is 0.143. The predicted octanol–water partition coefficient (Wildman–Crippen LogP) is 3.74. The van der Waals surface area contributed by atoms with Crippen molar-refractivity contribution in [3.05, 3.63) is 58.8 Å². The molecule has 0 unspecified atom stereocenters. The van der Waals surface area contributed by atoms with Gasteiger partial charge < -0.3 is 9.73 Å². The normalized spacial score (nSPS) is 10.8. The summed E-state index contributed by atoms with van der Waals surface area (Å²) in [5.41, 5.74) is 0.920. The van der Waals surface area contributed by atoms with Gasteiger partial charge in [0.2, 0.25) is 0 Å². The van der Waals surface area contributed by atoms with Crippen molar-refractivity contribution < 1.29 is 4.42 Å². The van der Waals surface area contributed by atoms with Crippen molar-refractivity contribution >= 4 is 22.9 Å². The number of pyridine rings is 1. The van der Waals surface area contributed by atoms with E-state index in [0.717, 1.165) is 21.2 Å². The Labute approximate surface area is 125 Å². The van der Waals surface area contributed by atoms with Crippen LogP contribution in [0.4, 0.5) is 0 Å². The van der Waals surface area contributed by atoms with Gasteiger partial charge in [-0.05, 0) is 24.3 Å². The molecule has 0 atom stereocenters. The van der Waals surface area contributed by atoms with Crippen molar-refractivity contribution in [1.82, 2.24) is 15.3 Å². The van der Waals surface area contributed by atoms with Gasteiger partial charge in [0, 0.05) is 24.5 Å². The molecule has 0 spiro atoms. The van der Waals surface area contributed by atoms with Gasteiger partial charge in [0.1, 0.15) is 15.9 Å². The second-order valence-corrected chi connectivity index (χ2v) is 5.62. The Morgan fingerprint density at radius 1 is 1.20 bits per heavy atom. The van der Waals surface area contributed by atoms with E-state index in [-0.39, 0.29) is 0 Å². The van der Waals surface area contributed by atoms with Gasteiger partial charge in [-0.25, -0.2) is 9.97 Å². The van der Waals surface area contributed by atoms with Crippen molar-refractivity contribution in [3.8, 4) is 10.4 Å². The van der Waals surface area contributed by atoms with E-state index in [1.165, 1.54) is 0 Å². The molecule has 4 nitrogen and oxygen atoms in total. The van der Waals surface area contributed by atoms with Gasteiger partial charge in [0.15, 0.2) is 0 Å². The maximum absolute atomic E-state index is 6.08. The average Bonchev–Trinajstić information content (AvgIpc) is 3.11. The molecule has 0 saturated carbocycles. The highest BCUT2D eigenvalue weighted by Crippen LogP contribution is 2.30. The molecular formula is C14H12ClN3OS. The topological polar surface area (TPSA) is 51.0 Å². The van der Waals surface area contributed by atoms with Crippen LogP contribution in [0.2, 0.25) is 5.15 Å². The standard InChI is InChI=1S/C14H12ClN3OS/c15-14-11(4-1-5-17-14)12-8-18-13(20-12)9-16-7-10-3-2-6-19-10/h1-6,8,16H,7,9H2. The maximum atomic E-state index is 6.08. The van der Waals surface area contributed by atoms with Crippen LogP contribution in [0.1, 0.15) is 10.8 Å². The number of halogens is 1. The lowest BCUT2D eigenvalue weighted by Crippen LogP contribution is -2.11. The zero-order chi connectivity index (χ0) is 13.8. The highest BCUT2D eigenvalue weighted by Gasteiger charge is 2.08. The van der Waals surface area contributed by atoms with E-state index < -0.39 is 0 Å². The van der Waals surface area contributed by atoms with E-state index in [1.54, 1.807) is 23.8 Å². The Kier molecular flexibility index (Phi) is 4.11. The molecule has 20 heavy (non-hydrogen) atoms. The average molecular weight is 306 g/mol. The lowest BCUT2D eigenvalue weighted by atomic mass is 10.2. The Morgan fingerprint density at radius 3 is 2.95 bits per heavy atom. The highest BCUT2D eigenvalue weighted by molar-refractivity contribution is 7.15. The minimum absolute atomic E-state index is 0.506. The molecular weight excluding hydrogens is 294 g/mol. The first-order valence-corrected chi connectivity index (χ1v) is 7.31. The van der Waals surface area contributed by atoms with Gasteiger partial charge in [-0.2, -0.15) is 0 Å². The Balaban J connectivity index is 1.64. The number of aromatic nitrogens is 2. The molecule has 0 amide bonds. The number of nitrogens with one attached hydrogen (secondary N) is 1. The second-order valence-electron chi connectivity index (χ2n) is 4.14. The van der Waals surface area contributed by atoms with Crippen molar-refractivity contribution in [2.24, 2.45) is 0 Å². The van der Waals surface area contributed by atoms with Crippen LogP contribution in [0, 0.1) is 0 Å². The van der Waals surface area contributed by atoms with Gasteiger partial charge in [-0.15, -0.1) is 11.3 Å². The SMILES string of the molecule is Clc1ncccc1-c1cnc(CNCc2ccco2)s1. The molecule has 0 radical (unpaired) electrons. The molecule has 0 bridgehead atoms. The van der Waals surface area contributed by atoms with Crippen molar-refractivity contribution in [2.75, 3.05) is 0 Å². The Bertz CT molecular complexity index is 681. The second kappa shape index (κ2) is 6.17. The van der Waals surface area contributed by atoms with Crippen molar-refractivity contribution in [3.63, 3.8) is 0 Å². The molecule has 0 aliphatic heterocycles. The van der Waals surface area contributed by atoms with E-state index in [4.69, 9.17) is 16.0 Å². The van der Waals surface area contributed by atoms with Crippen molar-refractivity contribution in [1.29, 1.82) is 0 Å². The van der Waals surface area contributed by atoms with Crippen LogP contribution in [-0.2, 0) is 13.1 Å². The molecule has 3 heterocycles. The van der Waals surface area contributed by atoms with Gasteiger partial charge in [0.05, 0.1) is 17.7 Å². The molecule has 0 fully saturated rings. The van der Waals surface area contributed by atoms with Crippen LogP contribution in [0.3, 0.4) is 0 Å². The number of hydrogen-bond donors (Lipinski definition) is 1. The van der Waals surface area contributed by atoms with Gasteiger partial charge in [-0.1, -0.05) is 11.6 Å². The molecule has 3 aromatic heterocycles. The third-order valence-corrected chi connectivity index (χ3v) is 4.07. The summed E-state index contributed by atoms with van der Waals surface area (Å²) in [4.78, 5) is 9.49. The minimum atomic E-state index is 0.506. The molecule has 3 aromatic rings. The largest absolute Gasteiger partial charge is 0.468 e. The van der Waals surface area contributed by atoms with Gasteiger partial charge in [0.25, 0.3) is 0 Å². The Hall–Kier alpha value is -1.69. The smallest absolute Gasteiger partial charge is 0.137 e. The van der Waals surface area contributed by atoms with Crippen LogP contribution in [0.5, 0.6) is 0 Å². The molecule has 6 heteroatoms. The number of furan rings is 1. The molecule has 1 N–H and O–H groups in total. The van der Waals surface area contributed by atoms with E-state index in [0.29, 0.717) is 18.2 Å². The van der Waals surface area contributed by atoms with Crippen LogP contribution in [-0.4, -0.2) is 9.97 Å². The fourth-order valence-corrected chi connectivity index (χ4v) is 2.98. The Morgan fingerprint density at radius 2 is 2.15 bits per heavy atom. The molecule has 0 aromatic carbocycles. The summed E-state index contributed by atoms with van der Waals surface area (Å²) < 4.78 is 5.26. The first-order valence-electron chi connectivity index (χ1n) is 6.11. The van der Waals surface area contributed by atoms with Crippen LogP contribution < -0.4 is 5.32 Å². The van der Waals surface area contributed by atoms with Crippen LogP contribution in [0.15, 0.2) is 47.3 Å². The molecule has 0 aliphatic carbocycles. The molecule has 3 rings (SSSR count). The lowest BCUT2D eigenvalue weighted by molar-refractivity contribution is 0.483. The lowest BCUT2D eigenvalue weighted by Gasteiger charge is -1.99. The summed E-state index contributed by atoms with van der Waals surface area (Å²) in [6, 6.07) is 7.64. The van der Waals surface area contributed by atoms with Gasteiger partial charge >= 0.3 is 0 Å². The molecule has 102 valence electrons. The zero-order valence-electron chi connectivity index (χ0n) is 10.5. The quantitative estimate of drug-likeness (QED) is 0.730. The number of nitrogens with zero attached hydrogens (tertiary/aromatic N) is 2. The van der Waals surface area contributed by atoms with E-state index in [1.807, 2.05) is 30.5 Å². The number of rotatable bonds is 5. The third kappa shape index (κ3) is 3.07. The van der Waals surface area contributed by atoms with E-state index >= 15 is 0 Å². The maximum Gasteiger partial charge on any atom is 0.137 e. The predicted molar refractivity (Wildman–Crippen MR) is 79.6 cm³/mol. The fourth-order valence-electron chi connectivity index (χ4n) is 1.79. The number of thiazole rings is 1. The molecule has 0 aliphatic rings. The number of hydrogen-bond acceptors (Lipinski definition) is 5. The minimum Gasteiger partial charge on any atom is -0.468 e. The summed E-state index contributed by atoms with van der Waals surface area (Å²) >= 11 is 7.69. The van der Waals surface area contributed by atoms with E-state index in [2.05, 4.69) is 15.3 Å². The summed E-state index contributed by atoms with van der Waals surface area (Å²) in [5, 5.41) is 4.80.